The molecule has 5 rings (SSSR count). The fourth-order valence-electron chi connectivity index (χ4n) is 5.06. The van der Waals surface area contributed by atoms with Crippen molar-refractivity contribution in [1.29, 1.82) is 0 Å². The van der Waals surface area contributed by atoms with E-state index in [1.165, 1.54) is 25.3 Å². The summed E-state index contributed by atoms with van der Waals surface area (Å²) >= 11 is -0.700. The number of anilines is 1. The molecule has 0 aliphatic carbocycles. The predicted molar refractivity (Wildman–Crippen MR) is 140 cm³/mol. The number of hydrogen-bond acceptors (Lipinski definition) is 3. The Balaban J connectivity index is 1.39. The summed E-state index contributed by atoms with van der Waals surface area (Å²) in [4.78, 5) is 31.8. The summed E-state index contributed by atoms with van der Waals surface area (Å²) in [6.07, 6.45) is 5.58. The highest BCUT2D eigenvalue weighted by atomic mass is 127. The number of fused-ring (bicyclic) bond motifs is 1. The number of halogens is 2. The first-order chi connectivity index (χ1) is 17.9. The van der Waals surface area contributed by atoms with E-state index in [2.05, 4.69) is 20.5 Å². The fourth-order valence-corrected chi connectivity index (χ4v) is 7.81. The molecule has 0 saturated carbocycles. The molecule has 2 aromatic carbocycles. The molecule has 1 aromatic heterocycles. The van der Waals surface area contributed by atoms with Gasteiger partial charge in [-0.2, -0.15) is 0 Å². The molecule has 0 radical (unpaired) electrons. The molecule has 3 heterocycles. The molecule has 1 fully saturated rings. The molecule has 3 aromatic rings. The fraction of sp³-hybridized carbons (Fsp3) is 0.310. The Bertz CT molecular complexity index is 1370. The molecule has 37 heavy (non-hydrogen) atoms. The maximum Gasteiger partial charge on any atom is 0.358 e. The van der Waals surface area contributed by atoms with E-state index in [0.29, 0.717) is 17.7 Å². The van der Waals surface area contributed by atoms with E-state index in [1.807, 2.05) is 44.2 Å². The van der Waals surface area contributed by atoms with E-state index in [9.17, 15) is 14.0 Å². The number of piperidine rings is 1. The summed E-state index contributed by atoms with van der Waals surface area (Å²) in [5.41, 5.74) is 5.16. The third-order valence-electron chi connectivity index (χ3n) is 6.93. The normalized spacial score (nSPS) is 16.6. The molecule has 1 saturated heterocycles. The van der Waals surface area contributed by atoms with Crippen LogP contribution < -0.4 is 31.8 Å². The molecule has 6 nitrogen and oxygen atoms in total. The highest BCUT2D eigenvalue weighted by molar-refractivity contribution is 6.34. The monoisotopic (exact) mass is 613 g/mol. The average Bonchev–Trinajstić information content (AvgIpc) is 3.35. The third kappa shape index (κ3) is 5.65. The first kappa shape index (κ1) is 25.7. The van der Waals surface area contributed by atoms with Crippen molar-refractivity contribution >= 4 is 29.2 Å². The van der Waals surface area contributed by atoms with E-state index in [1.54, 1.807) is 12.1 Å². The van der Waals surface area contributed by atoms with Gasteiger partial charge in [-0.3, -0.25) is 9.59 Å². The van der Waals surface area contributed by atoms with Crippen LogP contribution in [0.2, 0.25) is 0 Å². The zero-order chi connectivity index (χ0) is 25.9. The highest BCUT2D eigenvalue weighted by Crippen LogP contribution is 2.34. The van der Waals surface area contributed by atoms with Crippen LogP contribution >= 0.6 is 0 Å². The largest absolute Gasteiger partial charge is 0.358 e. The van der Waals surface area contributed by atoms with E-state index < -0.39 is 21.2 Å². The lowest BCUT2D eigenvalue weighted by molar-refractivity contribution is -0.597. The lowest BCUT2D eigenvalue weighted by Crippen LogP contribution is -3.61. The van der Waals surface area contributed by atoms with Crippen molar-refractivity contribution in [3.05, 3.63) is 83.5 Å². The van der Waals surface area contributed by atoms with Gasteiger partial charge >= 0.3 is 21.2 Å². The second kappa shape index (κ2) is 11.2. The van der Waals surface area contributed by atoms with E-state index in [0.717, 1.165) is 55.0 Å². The minimum absolute atomic E-state index is 0.0955. The number of likely N-dealkylation sites (tertiary alicyclic amines) is 1. The van der Waals surface area contributed by atoms with Gasteiger partial charge in [-0.25, -0.2) is 4.39 Å². The van der Waals surface area contributed by atoms with Gasteiger partial charge in [-0.15, -0.1) is 0 Å². The van der Waals surface area contributed by atoms with Crippen LogP contribution in [0.25, 0.3) is 11.6 Å². The summed E-state index contributed by atoms with van der Waals surface area (Å²) in [5.74, 6) is -0.527. The molecule has 192 valence electrons. The molecule has 0 bridgehead atoms. The van der Waals surface area contributed by atoms with Crippen LogP contribution in [0.4, 0.5) is 10.1 Å². The van der Waals surface area contributed by atoms with Crippen LogP contribution in [0, 0.1) is 26.8 Å². The number of nitrogens with one attached hydrogen (secondary N) is 3. The molecule has 2 amide bonds. The van der Waals surface area contributed by atoms with Crippen LogP contribution in [-0.2, 0) is 4.79 Å². The van der Waals surface area contributed by atoms with Crippen LogP contribution in [0.3, 0.4) is 0 Å². The quantitative estimate of drug-likeness (QED) is 0.280. The van der Waals surface area contributed by atoms with E-state index >= 15 is 0 Å². The lowest BCUT2D eigenvalue weighted by Gasteiger charge is -2.26. The number of carbonyl (C=O) groups excluding carboxylic acids is 2. The number of aromatic nitrogens is 1. The van der Waals surface area contributed by atoms with Crippen molar-refractivity contribution in [3.8, 4) is 0 Å². The minimum Gasteiger partial charge on any atom is -0.358 e. The van der Waals surface area contributed by atoms with Crippen molar-refractivity contribution in [2.24, 2.45) is 0 Å². The maximum atomic E-state index is 13.8. The van der Waals surface area contributed by atoms with Crippen LogP contribution in [0.15, 0.2) is 42.5 Å². The van der Waals surface area contributed by atoms with E-state index in [4.69, 9.17) is 0 Å². The summed E-state index contributed by atoms with van der Waals surface area (Å²) < 4.78 is 15.8. The zero-order valence-corrected chi connectivity index (χ0v) is 23.2. The second-order valence-electron chi connectivity index (χ2n) is 9.53. The molecule has 0 unspecified atom stereocenters. The Labute approximate surface area is 227 Å². The molecule has 8 heteroatoms. The van der Waals surface area contributed by atoms with E-state index in [-0.39, 0.29) is 17.6 Å². The van der Waals surface area contributed by atoms with Crippen molar-refractivity contribution in [3.63, 3.8) is 0 Å². The van der Waals surface area contributed by atoms with Crippen molar-refractivity contribution in [2.45, 2.75) is 33.1 Å². The molecule has 0 spiro atoms. The smallest absolute Gasteiger partial charge is 0.358 e. The topological polar surface area (TPSA) is 77.2 Å². The first-order valence-electron chi connectivity index (χ1n) is 12.7. The van der Waals surface area contributed by atoms with Gasteiger partial charge in [-0.05, 0) is 75.7 Å². The van der Waals surface area contributed by atoms with Crippen LogP contribution in [-0.4, -0.2) is 47.9 Å². The zero-order valence-electron chi connectivity index (χ0n) is 21.1. The minimum atomic E-state index is -0.700. The molecule has 2 aliphatic heterocycles. The van der Waals surface area contributed by atoms with Gasteiger partial charge in [0.15, 0.2) is 3.57 Å². The number of carbonyl (C=O) groups is 2. The highest BCUT2D eigenvalue weighted by Gasteiger charge is 2.33. The van der Waals surface area contributed by atoms with Gasteiger partial charge in [0.1, 0.15) is 5.82 Å². The number of aromatic amines is 1. The van der Waals surface area contributed by atoms with Crippen LogP contribution in [0.5, 0.6) is 0 Å². The number of H-pyrrole nitrogens is 1. The number of amides is 2. The van der Waals surface area contributed by atoms with Gasteiger partial charge in [0.25, 0.3) is 11.8 Å². The summed E-state index contributed by atoms with van der Waals surface area (Å²) in [6, 6.07) is 12.5. The number of rotatable bonds is 7. The molecular weight excluding hydrogens is 582 g/mol. The Morgan fingerprint density at radius 2 is 1.92 bits per heavy atom. The van der Waals surface area contributed by atoms with Gasteiger partial charge in [-0.1, -0.05) is 18.6 Å². The Hall–Kier alpha value is -2.98. The Morgan fingerprint density at radius 3 is 2.70 bits per heavy atom. The lowest BCUT2D eigenvalue weighted by atomic mass is 10.0. The van der Waals surface area contributed by atoms with Gasteiger partial charge in [0.2, 0.25) is 3.57 Å². The summed E-state index contributed by atoms with van der Waals surface area (Å²) in [6.45, 7) is 7.47. The molecule has 2 aliphatic rings. The molecule has 3 N–H and O–H groups in total. The number of hydrogen-bond donors (Lipinski definition) is 3. The summed E-state index contributed by atoms with van der Waals surface area (Å²) in [7, 11) is 0. The van der Waals surface area contributed by atoms with Crippen molar-refractivity contribution in [2.75, 3.05) is 31.5 Å². The van der Waals surface area contributed by atoms with Crippen molar-refractivity contribution < 1.29 is 35.2 Å². The summed E-state index contributed by atoms with van der Waals surface area (Å²) in [5, 5.41) is 6.04. The standard InChI is InChI=1S/C29H30FIN4O2/c1-18-25(33-19(2)26(18)29(37)32-12-15-35-13-4-3-5-14-35)17-22-27-23(10-7-11-24(27)34-28(22)36)31-21-9-6-8-20(30)16-21/h6-11,16-17H,3-5,12-15H2,1-2H3,(H2-,32,33,34,36,37)/p+1. The molecule has 0 atom stereocenters. The predicted octanol–water partition coefficient (Wildman–Crippen LogP) is 1.61. The molecular formula is C29H31FIN4O2+. The third-order valence-corrected chi connectivity index (χ3v) is 9.70. The maximum absolute atomic E-state index is 13.8. The average molecular weight is 613 g/mol. The number of nitrogens with zero attached hydrogens (tertiary/aromatic N) is 1. The Kier molecular flexibility index (Phi) is 7.76. The Morgan fingerprint density at radius 1 is 1.14 bits per heavy atom. The van der Waals surface area contributed by atoms with Gasteiger partial charge in [0.05, 0.1) is 22.4 Å². The first-order valence-corrected chi connectivity index (χ1v) is 14.8. The van der Waals surface area contributed by atoms with Crippen molar-refractivity contribution in [1.82, 2.24) is 15.2 Å². The SMILES string of the molecule is Cc1[nH]c(/C=C2\C(=O)Nc3cccc([I+]c4cccc(F)c4)c32)c(C)c1C(=O)NCCN1CCCCC1. The van der Waals surface area contributed by atoms with Crippen LogP contribution in [0.1, 0.15) is 52.1 Å². The number of aryl methyl sites for hydroxylation is 1. The number of benzene rings is 2. The van der Waals surface area contributed by atoms with Gasteiger partial charge < -0.3 is 20.5 Å². The second-order valence-corrected chi connectivity index (χ2v) is 12.5. The van der Waals surface area contributed by atoms with Gasteiger partial charge in [0, 0.05) is 30.5 Å².